The van der Waals surface area contributed by atoms with Gasteiger partial charge in [0.1, 0.15) is 5.82 Å². The fraction of sp³-hybridized carbons (Fsp3) is 0.824. The van der Waals surface area contributed by atoms with Crippen LogP contribution in [-0.4, -0.2) is 28.8 Å². The van der Waals surface area contributed by atoms with Gasteiger partial charge in [-0.25, -0.2) is 4.98 Å². The molecule has 1 saturated carbocycles. The van der Waals surface area contributed by atoms with Crippen molar-refractivity contribution in [2.45, 2.75) is 76.5 Å². The number of ether oxygens (including phenoxy) is 1. The molecule has 0 bridgehead atoms. The van der Waals surface area contributed by atoms with Crippen LogP contribution in [0.15, 0.2) is 0 Å². The number of aromatic nitrogens is 2. The lowest BCUT2D eigenvalue weighted by Gasteiger charge is -2.27. The Morgan fingerprint density at radius 3 is 2.86 bits per heavy atom. The van der Waals surface area contributed by atoms with Crippen LogP contribution < -0.4 is 5.32 Å². The van der Waals surface area contributed by atoms with Gasteiger partial charge in [0, 0.05) is 37.7 Å². The molecule has 4 nitrogen and oxygen atoms in total. The van der Waals surface area contributed by atoms with Crippen LogP contribution in [0.5, 0.6) is 0 Å². The van der Waals surface area contributed by atoms with E-state index in [1.165, 1.54) is 55.7 Å². The highest BCUT2D eigenvalue weighted by atomic mass is 16.5. The summed E-state index contributed by atoms with van der Waals surface area (Å²) < 4.78 is 8.57. The van der Waals surface area contributed by atoms with Gasteiger partial charge in [-0.05, 0) is 32.6 Å². The fourth-order valence-corrected chi connectivity index (χ4v) is 4.43. The molecule has 1 aromatic rings. The SMILES string of the molecule is CC(C1CCCO1)n1c(C2CCCC2)nc2c1CCNC2. The molecule has 0 aromatic carbocycles. The molecule has 4 rings (SSSR count). The Balaban J connectivity index is 1.72. The van der Waals surface area contributed by atoms with E-state index in [0.29, 0.717) is 18.1 Å². The van der Waals surface area contributed by atoms with Crippen molar-refractivity contribution in [3.8, 4) is 0 Å². The summed E-state index contributed by atoms with van der Waals surface area (Å²) in [4.78, 5) is 5.07. The summed E-state index contributed by atoms with van der Waals surface area (Å²) in [6, 6.07) is 0.442. The molecule has 1 aliphatic carbocycles. The normalized spacial score (nSPS) is 28.0. The molecule has 1 aromatic heterocycles. The molecule has 2 aliphatic heterocycles. The van der Waals surface area contributed by atoms with Crippen molar-refractivity contribution in [2.24, 2.45) is 0 Å². The highest BCUT2D eigenvalue weighted by molar-refractivity contribution is 5.24. The topological polar surface area (TPSA) is 39.1 Å². The van der Waals surface area contributed by atoms with Crippen LogP contribution in [0.4, 0.5) is 0 Å². The summed E-state index contributed by atoms with van der Waals surface area (Å²) in [5, 5.41) is 3.47. The molecule has 1 saturated heterocycles. The van der Waals surface area contributed by atoms with Crippen LogP contribution in [0.3, 0.4) is 0 Å². The Morgan fingerprint density at radius 2 is 2.10 bits per heavy atom. The summed E-state index contributed by atoms with van der Waals surface area (Å²) in [6.07, 6.45) is 9.31. The predicted molar refractivity (Wildman–Crippen MR) is 82.5 cm³/mol. The fourth-order valence-electron chi connectivity index (χ4n) is 4.43. The first-order valence-electron chi connectivity index (χ1n) is 8.77. The number of imidazole rings is 1. The van der Waals surface area contributed by atoms with E-state index in [4.69, 9.17) is 9.72 Å². The smallest absolute Gasteiger partial charge is 0.112 e. The zero-order valence-corrected chi connectivity index (χ0v) is 13.1. The minimum absolute atomic E-state index is 0.387. The molecule has 0 amide bonds. The molecule has 2 unspecified atom stereocenters. The van der Waals surface area contributed by atoms with Crippen LogP contribution in [-0.2, 0) is 17.7 Å². The van der Waals surface area contributed by atoms with Gasteiger partial charge in [0.2, 0.25) is 0 Å². The van der Waals surface area contributed by atoms with Gasteiger partial charge in [0.25, 0.3) is 0 Å². The van der Waals surface area contributed by atoms with Gasteiger partial charge >= 0.3 is 0 Å². The maximum absolute atomic E-state index is 5.98. The van der Waals surface area contributed by atoms with E-state index < -0.39 is 0 Å². The van der Waals surface area contributed by atoms with E-state index in [0.717, 1.165) is 26.1 Å². The van der Waals surface area contributed by atoms with Crippen molar-refractivity contribution in [3.63, 3.8) is 0 Å². The number of hydrogen-bond donors (Lipinski definition) is 1. The summed E-state index contributed by atoms with van der Waals surface area (Å²) in [6.45, 7) is 5.31. The van der Waals surface area contributed by atoms with Crippen molar-refractivity contribution in [1.82, 2.24) is 14.9 Å². The van der Waals surface area contributed by atoms with Crippen molar-refractivity contribution in [3.05, 3.63) is 17.2 Å². The van der Waals surface area contributed by atoms with Crippen molar-refractivity contribution in [2.75, 3.05) is 13.2 Å². The Kier molecular flexibility index (Phi) is 3.76. The first-order chi connectivity index (χ1) is 10.3. The maximum Gasteiger partial charge on any atom is 0.112 e. The second kappa shape index (κ2) is 5.73. The van der Waals surface area contributed by atoms with Gasteiger partial charge in [-0.15, -0.1) is 0 Å². The molecule has 0 radical (unpaired) electrons. The molecule has 4 heteroatoms. The quantitative estimate of drug-likeness (QED) is 0.930. The van der Waals surface area contributed by atoms with Crippen LogP contribution in [0.25, 0.3) is 0 Å². The van der Waals surface area contributed by atoms with E-state index in [9.17, 15) is 0 Å². The summed E-state index contributed by atoms with van der Waals surface area (Å²) in [5.41, 5.74) is 2.78. The van der Waals surface area contributed by atoms with E-state index in [1.54, 1.807) is 0 Å². The summed E-state index contributed by atoms with van der Waals surface area (Å²) in [7, 11) is 0. The van der Waals surface area contributed by atoms with Crippen LogP contribution in [0.1, 0.15) is 74.6 Å². The standard InChI is InChI=1S/C17H27N3O/c1-12(16-7-4-10-21-16)20-15-8-9-18-11-14(15)19-17(20)13-5-2-3-6-13/h12-13,16,18H,2-11H2,1H3. The van der Waals surface area contributed by atoms with Crippen molar-refractivity contribution in [1.29, 1.82) is 0 Å². The van der Waals surface area contributed by atoms with E-state index >= 15 is 0 Å². The maximum atomic E-state index is 5.98. The number of nitrogens with zero attached hydrogens (tertiary/aromatic N) is 2. The van der Waals surface area contributed by atoms with Gasteiger partial charge in [-0.3, -0.25) is 0 Å². The Labute approximate surface area is 127 Å². The van der Waals surface area contributed by atoms with E-state index in [2.05, 4.69) is 16.8 Å². The monoisotopic (exact) mass is 289 g/mol. The Bertz CT molecular complexity index is 498. The third kappa shape index (κ3) is 2.42. The zero-order valence-electron chi connectivity index (χ0n) is 13.1. The lowest BCUT2D eigenvalue weighted by Crippen LogP contribution is -2.29. The molecule has 116 valence electrons. The van der Waals surface area contributed by atoms with Gasteiger partial charge in [-0.2, -0.15) is 0 Å². The van der Waals surface area contributed by atoms with Gasteiger partial charge in [-0.1, -0.05) is 12.8 Å². The first kappa shape index (κ1) is 13.8. The summed E-state index contributed by atoms with van der Waals surface area (Å²) >= 11 is 0. The number of hydrogen-bond acceptors (Lipinski definition) is 3. The Morgan fingerprint density at radius 1 is 1.24 bits per heavy atom. The largest absolute Gasteiger partial charge is 0.376 e. The molecule has 3 aliphatic rings. The molecular weight excluding hydrogens is 262 g/mol. The summed E-state index contributed by atoms with van der Waals surface area (Å²) in [5.74, 6) is 2.05. The minimum Gasteiger partial charge on any atom is -0.376 e. The highest BCUT2D eigenvalue weighted by Crippen LogP contribution is 2.38. The van der Waals surface area contributed by atoms with Crippen LogP contribution in [0, 0.1) is 0 Å². The van der Waals surface area contributed by atoms with Gasteiger partial charge < -0.3 is 14.6 Å². The Hall–Kier alpha value is -0.870. The number of nitrogens with one attached hydrogen (secondary N) is 1. The van der Waals surface area contributed by atoms with Crippen molar-refractivity contribution < 1.29 is 4.74 Å². The van der Waals surface area contributed by atoms with Gasteiger partial charge in [0.05, 0.1) is 17.8 Å². The molecule has 1 N–H and O–H groups in total. The van der Waals surface area contributed by atoms with E-state index in [1.807, 2.05) is 0 Å². The van der Waals surface area contributed by atoms with Crippen LogP contribution >= 0.6 is 0 Å². The number of fused-ring (bicyclic) bond motifs is 1. The van der Waals surface area contributed by atoms with Gasteiger partial charge in [0.15, 0.2) is 0 Å². The molecule has 0 spiro atoms. The average Bonchev–Trinajstić information content (AvgIpc) is 3.25. The molecule has 21 heavy (non-hydrogen) atoms. The van der Waals surface area contributed by atoms with Crippen LogP contribution in [0.2, 0.25) is 0 Å². The minimum atomic E-state index is 0.387. The molecule has 3 heterocycles. The first-order valence-corrected chi connectivity index (χ1v) is 8.77. The predicted octanol–water partition coefficient (Wildman–Crippen LogP) is 2.93. The number of rotatable bonds is 3. The highest BCUT2D eigenvalue weighted by Gasteiger charge is 2.33. The third-order valence-corrected chi connectivity index (χ3v) is 5.58. The van der Waals surface area contributed by atoms with E-state index in [-0.39, 0.29) is 0 Å². The second-order valence-electron chi connectivity index (χ2n) is 6.93. The lowest BCUT2D eigenvalue weighted by molar-refractivity contribution is 0.0709. The second-order valence-corrected chi connectivity index (χ2v) is 6.93. The third-order valence-electron chi connectivity index (χ3n) is 5.58. The van der Waals surface area contributed by atoms with Crippen molar-refractivity contribution >= 4 is 0 Å². The zero-order chi connectivity index (χ0) is 14.2. The lowest BCUT2D eigenvalue weighted by atomic mass is 10.0. The molecular formula is C17H27N3O. The average molecular weight is 289 g/mol. The molecule has 2 atom stereocenters. The molecule has 2 fully saturated rings.